The summed E-state index contributed by atoms with van der Waals surface area (Å²) in [5.41, 5.74) is 1.55. The van der Waals surface area contributed by atoms with Crippen molar-refractivity contribution in [3.63, 3.8) is 0 Å². The maximum absolute atomic E-state index is 12.7. The van der Waals surface area contributed by atoms with Gasteiger partial charge in [0.15, 0.2) is 0 Å². The highest BCUT2D eigenvalue weighted by molar-refractivity contribution is 14.1. The fourth-order valence-corrected chi connectivity index (χ4v) is 2.64. The van der Waals surface area contributed by atoms with Crippen molar-refractivity contribution in [2.45, 2.75) is 6.54 Å². The Morgan fingerprint density at radius 3 is 2.65 bits per heavy atom. The number of thiophene rings is 1. The minimum Gasteiger partial charge on any atom is -0.348 e. The highest BCUT2D eigenvalue weighted by Crippen LogP contribution is 2.16. The maximum Gasteiger partial charge on any atom is 0.252 e. The van der Waals surface area contributed by atoms with Crippen LogP contribution in [0.4, 0.5) is 4.39 Å². The van der Waals surface area contributed by atoms with E-state index in [1.807, 2.05) is 11.4 Å². The molecule has 0 saturated carbocycles. The Morgan fingerprint density at radius 1 is 1.35 bits per heavy atom. The molecule has 1 amide bonds. The molecule has 0 aliphatic rings. The van der Waals surface area contributed by atoms with E-state index in [9.17, 15) is 9.18 Å². The largest absolute Gasteiger partial charge is 0.348 e. The summed E-state index contributed by atoms with van der Waals surface area (Å²) < 4.78 is 13.7. The van der Waals surface area contributed by atoms with Crippen molar-refractivity contribution in [1.82, 2.24) is 5.32 Å². The number of nitrogens with one attached hydrogen (secondary N) is 1. The molecule has 5 heteroatoms. The first-order valence-electron chi connectivity index (χ1n) is 4.92. The van der Waals surface area contributed by atoms with Crippen LogP contribution in [0.2, 0.25) is 0 Å². The van der Waals surface area contributed by atoms with Crippen LogP contribution in [0.15, 0.2) is 35.7 Å². The minimum atomic E-state index is -0.271. The van der Waals surface area contributed by atoms with Crippen LogP contribution in [-0.2, 0) is 6.54 Å². The van der Waals surface area contributed by atoms with Gasteiger partial charge in [0, 0.05) is 11.9 Å². The van der Waals surface area contributed by atoms with Crippen LogP contribution < -0.4 is 5.32 Å². The molecule has 2 rings (SSSR count). The summed E-state index contributed by atoms with van der Waals surface area (Å²) in [6.07, 6.45) is 0. The van der Waals surface area contributed by atoms with Crippen molar-refractivity contribution < 1.29 is 9.18 Å². The third-order valence-corrected chi connectivity index (χ3v) is 3.98. The third-order valence-electron chi connectivity index (χ3n) is 2.20. The van der Waals surface area contributed by atoms with Gasteiger partial charge in [-0.1, -0.05) is 12.1 Å². The van der Waals surface area contributed by atoms with Crippen molar-refractivity contribution in [1.29, 1.82) is 0 Å². The van der Waals surface area contributed by atoms with E-state index in [0.717, 1.165) is 8.45 Å². The quantitative estimate of drug-likeness (QED) is 0.834. The molecule has 17 heavy (non-hydrogen) atoms. The van der Waals surface area contributed by atoms with Gasteiger partial charge in [-0.05, 0) is 46.4 Å². The molecule has 0 aliphatic carbocycles. The standard InChI is InChI=1S/C12H9FINOS/c13-10-3-1-8(2-4-10)6-15-12(16)9-5-11(14)17-7-9/h1-5,7H,6H2,(H,15,16). The molecule has 0 bridgehead atoms. The lowest BCUT2D eigenvalue weighted by atomic mass is 10.2. The molecular weight excluding hydrogens is 352 g/mol. The van der Waals surface area contributed by atoms with E-state index in [4.69, 9.17) is 0 Å². The Balaban J connectivity index is 1.94. The first kappa shape index (κ1) is 12.5. The van der Waals surface area contributed by atoms with Gasteiger partial charge in [-0.15, -0.1) is 11.3 Å². The fraction of sp³-hybridized carbons (Fsp3) is 0.0833. The van der Waals surface area contributed by atoms with E-state index < -0.39 is 0 Å². The number of hydrogen-bond donors (Lipinski definition) is 1. The molecule has 0 spiro atoms. The first-order valence-corrected chi connectivity index (χ1v) is 6.87. The molecule has 1 aromatic carbocycles. The van der Waals surface area contributed by atoms with Gasteiger partial charge in [0.1, 0.15) is 5.82 Å². The Kier molecular flexibility index (Phi) is 4.11. The number of hydrogen-bond acceptors (Lipinski definition) is 2. The number of carbonyl (C=O) groups excluding carboxylic acids is 1. The van der Waals surface area contributed by atoms with E-state index in [2.05, 4.69) is 27.9 Å². The zero-order valence-electron chi connectivity index (χ0n) is 8.74. The van der Waals surface area contributed by atoms with Crippen molar-refractivity contribution >= 4 is 39.8 Å². The highest BCUT2D eigenvalue weighted by Gasteiger charge is 2.07. The highest BCUT2D eigenvalue weighted by atomic mass is 127. The number of halogens is 2. The molecule has 0 atom stereocenters. The lowest BCUT2D eigenvalue weighted by molar-refractivity contribution is 0.0951. The van der Waals surface area contributed by atoms with Gasteiger partial charge >= 0.3 is 0 Å². The van der Waals surface area contributed by atoms with Crippen LogP contribution in [0, 0.1) is 8.70 Å². The average molecular weight is 361 g/mol. The molecule has 0 radical (unpaired) electrons. The van der Waals surface area contributed by atoms with Crippen molar-refractivity contribution in [3.8, 4) is 0 Å². The number of amides is 1. The minimum absolute atomic E-state index is 0.103. The number of carbonyl (C=O) groups is 1. The summed E-state index contributed by atoms with van der Waals surface area (Å²) in [7, 11) is 0. The predicted octanol–water partition coefficient (Wildman–Crippen LogP) is 3.42. The van der Waals surface area contributed by atoms with Gasteiger partial charge in [0.2, 0.25) is 0 Å². The van der Waals surface area contributed by atoms with E-state index in [-0.39, 0.29) is 11.7 Å². The Hall–Kier alpha value is -0.950. The van der Waals surface area contributed by atoms with Crippen LogP contribution >= 0.6 is 33.9 Å². The van der Waals surface area contributed by atoms with E-state index in [1.54, 1.807) is 12.1 Å². The molecular formula is C12H9FINOS. The smallest absolute Gasteiger partial charge is 0.252 e. The Bertz CT molecular complexity index is 524. The maximum atomic E-state index is 12.7. The molecule has 1 heterocycles. The van der Waals surface area contributed by atoms with Crippen molar-refractivity contribution in [2.24, 2.45) is 0 Å². The van der Waals surface area contributed by atoms with Crippen molar-refractivity contribution in [2.75, 3.05) is 0 Å². The zero-order valence-corrected chi connectivity index (χ0v) is 11.7. The lowest BCUT2D eigenvalue weighted by Crippen LogP contribution is -2.22. The van der Waals surface area contributed by atoms with Crippen LogP contribution in [-0.4, -0.2) is 5.91 Å². The van der Waals surface area contributed by atoms with E-state index in [0.29, 0.717) is 12.1 Å². The first-order chi connectivity index (χ1) is 8.15. The Morgan fingerprint density at radius 2 is 2.06 bits per heavy atom. The van der Waals surface area contributed by atoms with Crippen LogP contribution in [0.25, 0.3) is 0 Å². The number of rotatable bonds is 3. The summed E-state index contributed by atoms with van der Waals surface area (Å²) in [6.45, 7) is 0.408. The van der Waals surface area contributed by atoms with Gasteiger partial charge < -0.3 is 5.32 Å². The molecule has 88 valence electrons. The van der Waals surface area contributed by atoms with Crippen molar-refractivity contribution in [3.05, 3.63) is 55.5 Å². The molecule has 2 nitrogen and oxygen atoms in total. The SMILES string of the molecule is O=C(NCc1ccc(F)cc1)c1csc(I)c1. The second-order valence-corrected chi connectivity index (χ2v) is 6.25. The second kappa shape index (κ2) is 5.59. The summed E-state index contributed by atoms with van der Waals surface area (Å²) in [5, 5.41) is 4.61. The topological polar surface area (TPSA) is 29.1 Å². The van der Waals surface area contributed by atoms with E-state index >= 15 is 0 Å². The summed E-state index contributed by atoms with van der Waals surface area (Å²) in [4.78, 5) is 11.7. The van der Waals surface area contributed by atoms with Crippen LogP contribution in [0.1, 0.15) is 15.9 Å². The summed E-state index contributed by atoms with van der Waals surface area (Å²) in [6, 6.07) is 7.93. The van der Waals surface area contributed by atoms with Gasteiger partial charge in [0.05, 0.1) is 8.45 Å². The normalized spacial score (nSPS) is 10.2. The predicted molar refractivity (Wildman–Crippen MR) is 74.6 cm³/mol. The fourth-order valence-electron chi connectivity index (χ4n) is 1.32. The summed E-state index contributed by atoms with van der Waals surface area (Å²) >= 11 is 3.71. The average Bonchev–Trinajstić information content (AvgIpc) is 2.75. The Labute approximate surface area is 116 Å². The molecule has 2 aromatic rings. The molecule has 0 aliphatic heterocycles. The number of benzene rings is 1. The molecule has 1 N–H and O–H groups in total. The van der Waals surface area contributed by atoms with E-state index in [1.165, 1.54) is 23.5 Å². The van der Waals surface area contributed by atoms with Gasteiger partial charge in [0.25, 0.3) is 5.91 Å². The molecule has 0 fully saturated rings. The molecule has 0 saturated heterocycles. The second-order valence-electron chi connectivity index (χ2n) is 3.45. The molecule has 1 aromatic heterocycles. The third kappa shape index (κ3) is 3.50. The monoisotopic (exact) mass is 361 g/mol. The van der Waals surface area contributed by atoms with Gasteiger partial charge in [-0.25, -0.2) is 4.39 Å². The zero-order chi connectivity index (χ0) is 12.3. The van der Waals surface area contributed by atoms with Crippen LogP contribution in [0.5, 0.6) is 0 Å². The van der Waals surface area contributed by atoms with Gasteiger partial charge in [-0.2, -0.15) is 0 Å². The molecule has 0 unspecified atom stereocenters. The van der Waals surface area contributed by atoms with Gasteiger partial charge in [-0.3, -0.25) is 4.79 Å². The van der Waals surface area contributed by atoms with Crippen LogP contribution in [0.3, 0.4) is 0 Å². The lowest BCUT2D eigenvalue weighted by Gasteiger charge is -2.03. The summed E-state index contributed by atoms with van der Waals surface area (Å²) in [5.74, 6) is -0.374.